The van der Waals surface area contributed by atoms with Gasteiger partial charge in [-0.05, 0) is 114 Å². The van der Waals surface area contributed by atoms with Gasteiger partial charge in [0.05, 0.1) is 0 Å². The number of fused-ring (bicyclic) bond motifs is 4. The van der Waals surface area contributed by atoms with Crippen LogP contribution >= 0.6 is 0 Å². The van der Waals surface area contributed by atoms with Crippen molar-refractivity contribution in [2.75, 3.05) is 0 Å². The zero-order valence-corrected chi connectivity index (χ0v) is 37.1. The average molecular weight is 867 g/mol. The second kappa shape index (κ2) is 16.5. The Bertz CT molecular complexity index is 3670. The van der Waals surface area contributed by atoms with Gasteiger partial charge in [0.2, 0.25) is 0 Å². The summed E-state index contributed by atoms with van der Waals surface area (Å²) >= 11 is 0. The van der Waals surface area contributed by atoms with Crippen LogP contribution in [0.3, 0.4) is 0 Å². The van der Waals surface area contributed by atoms with Crippen molar-refractivity contribution in [2.24, 2.45) is 0 Å². The van der Waals surface area contributed by atoms with E-state index in [2.05, 4.69) is 243 Å². The summed E-state index contributed by atoms with van der Waals surface area (Å²) < 4.78 is 13.6. The van der Waals surface area contributed by atoms with Crippen LogP contribution in [0.25, 0.3) is 133 Å². The molecule has 11 aromatic carbocycles. The van der Waals surface area contributed by atoms with E-state index >= 15 is 0 Å². The normalized spacial score (nSPS) is 11.5. The molecule has 0 aliphatic carbocycles. The van der Waals surface area contributed by atoms with Crippen LogP contribution in [0.1, 0.15) is 0 Å². The van der Waals surface area contributed by atoms with Crippen molar-refractivity contribution in [2.45, 2.75) is 0 Å². The number of hydrogen-bond donors (Lipinski definition) is 0. The van der Waals surface area contributed by atoms with Crippen LogP contribution in [0.15, 0.2) is 264 Å². The quantitative estimate of drug-likeness (QED) is 0.142. The lowest BCUT2D eigenvalue weighted by Crippen LogP contribution is -1.91. The standard InChI is InChI=1S/C66H42O2/c1-5-19-43(20-6-1)63-57-37-35-49(41-59(57)67-65(63)45-23-9-3-10-24-45)47-27-17-29-51(39-47)61-53-31-13-15-33-55(53)62(56-34-16-14-32-54(56)61)52-30-18-28-48(40-52)50-36-38-58-60(42-50)68-66(46-25-11-4-12-26-46)64(58)44-21-7-2-8-22-44/h1-42H. The van der Waals surface area contributed by atoms with E-state index < -0.39 is 0 Å². The molecule has 2 heterocycles. The van der Waals surface area contributed by atoms with Gasteiger partial charge in [0.15, 0.2) is 0 Å². The Hall–Kier alpha value is -8.98. The Kier molecular flexibility index (Phi) is 9.54. The fraction of sp³-hybridized carbons (Fsp3) is 0. The zero-order chi connectivity index (χ0) is 45.0. The maximum Gasteiger partial charge on any atom is 0.143 e. The fourth-order valence-electron chi connectivity index (χ4n) is 10.4. The van der Waals surface area contributed by atoms with Gasteiger partial charge in [-0.15, -0.1) is 0 Å². The van der Waals surface area contributed by atoms with Crippen molar-refractivity contribution >= 4 is 43.5 Å². The molecule has 0 radical (unpaired) electrons. The topological polar surface area (TPSA) is 26.3 Å². The molecule has 0 bridgehead atoms. The van der Waals surface area contributed by atoms with Crippen LogP contribution in [-0.4, -0.2) is 0 Å². The summed E-state index contributed by atoms with van der Waals surface area (Å²) in [5.41, 5.74) is 17.6. The Morgan fingerprint density at radius 3 is 0.838 bits per heavy atom. The van der Waals surface area contributed by atoms with Crippen LogP contribution < -0.4 is 0 Å². The molecule has 0 unspecified atom stereocenters. The van der Waals surface area contributed by atoms with Gasteiger partial charge in [0.25, 0.3) is 0 Å². The number of hydrogen-bond acceptors (Lipinski definition) is 2. The third-order valence-corrected chi connectivity index (χ3v) is 13.5. The Morgan fingerprint density at radius 1 is 0.176 bits per heavy atom. The van der Waals surface area contributed by atoms with Crippen molar-refractivity contribution in [3.63, 3.8) is 0 Å². The van der Waals surface area contributed by atoms with E-state index in [-0.39, 0.29) is 0 Å². The summed E-state index contributed by atoms with van der Waals surface area (Å²) in [7, 11) is 0. The monoisotopic (exact) mass is 866 g/mol. The molecule has 13 rings (SSSR count). The molecular formula is C66H42O2. The van der Waals surface area contributed by atoms with E-state index in [0.717, 1.165) is 89.1 Å². The van der Waals surface area contributed by atoms with Crippen molar-refractivity contribution in [1.82, 2.24) is 0 Å². The van der Waals surface area contributed by atoms with Gasteiger partial charge in [-0.2, -0.15) is 0 Å². The van der Waals surface area contributed by atoms with Gasteiger partial charge in [-0.25, -0.2) is 0 Å². The summed E-state index contributed by atoms with van der Waals surface area (Å²) in [5.74, 6) is 1.77. The first kappa shape index (κ1) is 39.4. The molecule has 0 atom stereocenters. The lowest BCUT2D eigenvalue weighted by Gasteiger charge is -2.18. The molecule has 0 saturated heterocycles. The molecular weight excluding hydrogens is 825 g/mol. The van der Waals surface area contributed by atoms with E-state index in [1.165, 1.54) is 43.8 Å². The first-order chi connectivity index (χ1) is 33.7. The molecule has 0 fully saturated rings. The van der Waals surface area contributed by atoms with Crippen LogP contribution in [0.4, 0.5) is 0 Å². The molecule has 2 heteroatoms. The molecule has 68 heavy (non-hydrogen) atoms. The van der Waals surface area contributed by atoms with Crippen LogP contribution in [-0.2, 0) is 0 Å². The maximum atomic E-state index is 6.78. The predicted molar refractivity (Wildman–Crippen MR) is 284 cm³/mol. The third kappa shape index (κ3) is 6.73. The highest BCUT2D eigenvalue weighted by Crippen LogP contribution is 2.47. The second-order valence-corrected chi connectivity index (χ2v) is 17.5. The molecule has 0 aliphatic rings. The Morgan fingerprint density at radius 2 is 0.471 bits per heavy atom. The second-order valence-electron chi connectivity index (χ2n) is 17.5. The fourth-order valence-corrected chi connectivity index (χ4v) is 10.4. The van der Waals surface area contributed by atoms with Gasteiger partial charge < -0.3 is 8.83 Å². The summed E-state index contributed by atoms with van der Waals surface area (Å²) in [6, 6.07) is 91.0. The van der Waals surface area contributed by atoms with Gasteiger partial charge in [0.1, 0.15) is 22.7 Å². The van der Waals surface area contributed by atoms with Gasteiger partial charge in [-0.1, -0.05) is 218 Å². The van der Waals surface area contributed by atoms with Gasteiger partial charge >= 0.3 is 0 Å². The molecule has 0 N–H and O–H groups in total. The highest BCUT2D eigenvalue weighted by molar-refractivity contribution is 6.21. The number of rotatable bonds is 8. The van der Waals surface area contributed by atoms with E-state index in [9.17, 15) is 0 Å². The SMILES string of the molecule is c1ccc(-c2oc3cc(-c4cccc(-c5c6ccccc6c(-c6cccc(-c7ccc8c(-c9ccccc9)c(-c9ccccc9)oc8c7)c6)c6ccccc56)c4)ccc3c2-c2ccccc2)cc1. The molecule has 2 aromatic heterocycles. The van der Waals surface area contributed by atoms with Gasteiger partial charge in [-0.3, -0.25) is 0 Å². The summed E-state index contributed by atoms with van der Waals surface area (Å²) in [6.45, 7) is 0. The van der Waals surface area contributed by atoms with Crippen molar-refractivity contribution in [1.29, 1.82) is 0 Å². The van der Waals surface area contributed by atoms with Crippen molar-refractivity contribution in [3.05, 3.63) is 255 Å². The van der Waals surface area contributed by atoms with Crippen LogP contribution in [0.2, 0.25) is 0 Å². The minimum Gasteiger partial charge on any atom is -0.455 e. The minimum absolute atomic E-state index is 0.867. The lowest BCUT2D eigenvalue weighted by atomic mass is 9.85. The lowest BCUT2D eigenvalue weighted by molar-refractivity contribution is 0.632. The molecule has 2 nitrogen and oxygen atoms in total. The number of benzene rings is 11. The first-order valence-electron chi connectivity index (χ1n) is 23.2. The molecule has 0 saturated carbocycles. The first-order valence-corrected chi connectivity index (χ1v) is 23.2. The third-order valence-electron chi connectivity index (χ3n) is 13.5. The molecule has 318 valence electrons. The summed E-state index contributed by atoms with van der Waals surface area (Å²) in [6.07, 6.45) is 0. The van der Waals surface area contributed by atoms with Crippen LogP contribution in [0, 0.1) is 0 Å². The smallest absolute Gasteiger partial charge is 0.143 e. The Balaban J connectivity index is 0.920. The molecule has 0 amide bonds. The Labute approximate surface area is 394 Å². The number of furan rings is 2. The van der Waals surface area contributed by atoms with E-state index in [1.807, 2.05) is 12.1 Å². The van der Waals surface area contributed by atoms with Crippen molar-refractivity contribution in [3.8, 4) is 89.4 Å². The summed E-state index contributed by atoms with van der Waals surface area (Å²) in [4.78, 5) is 0. The zero-order valence-electron chi connectivity index (χ0n) is 37.1. The molecule has 0 aliphatic heterocycles. The maximum absolute atomic E-state index is 6.78. The predicted octanol–water partition coefficient (Wildman–Crippen LogP) is 18.8. The van der Waals surface area contributed by atoms with E-state index in [4.69, 9.17) is 8.83 Å². The van der Waals surface area contributed by atoms with E-state index in [1.54, 1.807) is 0 Å². The largest absolute Gasteiger partial charge is 0.455 e. The molecule has 13 aromatic rings. The average Bonchev–Trinajstić information content (AvgIpc) is 4.00. The van der Waals surface area contributed by atoms with Crippen LogP contribution in [0.5, 0.6) is 0 Å². The molecule has 0 spiro atoms. The highest BCUT2D eigenvalue weighted by atomic mass is 16.3. The van der Waals surface area contributed by atoms with E-state index in [0.29, 0.717) is 0 Å². The highest BCUT2D eigenvalue weighted by Gasteiger charge is 2.22. The van der Waals surface area contributed by atoms with Crippen molar-refractivity contribution < 1.29 is 8.83 Å². The summed E-state index contributed by atoms with van der Waals surface area (Å²) in [5, 5.41) is 7.05. The van der Waals surface area contributed by atoms with Gasteiger partial charge in [0, 0.05) is 33.0 Å². The minimum atomic E-state index is 0.867.